The van der Waals surface area contributed by atoms with Crippen molar-refractivity contribution in [3.05, 3.63) is 47.1 Å². The first kappa shape index (κ1) is 18.4. The summed E-state index contributed by atoms with van der Waals surface area (Å²) in [5, 5.41) is 0. The Kier molecular flexibility index (Phi) is 4.89. The molecule has 4 rings (SSSR count). The average Bonchev–Trinajstić information content (AvgIpc) is 3.30. The predicted molar refractivity (Wildman–Crippen MR) is 104 cm³/mol. The standard InChI is InChI=1S/C16H17ClN6O2S2/c1-12-18-4-5-23(12)15-10-14(19-11-20-15)21-6-8-22(9-7-21)27(24,25)16-3-2-13(17)26-16/h2-5,10-11H,6-9H2,1H3. The van der Waals surface area contributed by atoms with E-state index < -0.39 is 10.0 Å². The molecule has 8 nitrogen and oxygen atoms in total. The fraction of sp³-hybridized carbons (Fsp3) is 0.312. The van der Waals surface area contributed by atoms with E-state index in [9.17, 15) is 8.42 Å². The van der Waals surface area contributed by atoms with E-state index in [4.69, 9.17) is 11.6 Å². The summed E-state index contributed by atoms with van der Waals surface area (Å²) in [6, 6.07) is 5.05. The van der Waals surface area contributed by atoms with E-state index in [2.05, 4.69) is 19.9 Å². The smallest absolute Gasteiger partial charge is 0.252 e. The van der Waals surface area contributed by atoms with Gasteiger partial charge in [0.2, 0.25) is 0 Å². The van der Waals surface area contributed by atoms with Gasteiger partial charge in [-0.05, 0) is 19.1 Å². The highest BCUT2D eigenvalue weighted by Crippen LogP contribution is 2.29. The number of anilines is 1. The molecule has 0 aromatic carbocycles. The van der Waals surface area contributed by atoms with Crippen molar-refractivity contribution in [2.75, 3.05) is 31.1 Å². The normalized spacial score (nSPS) is 16.0. The van der Waals surface area contributed by atoms with Gasteiger partial charge in [-0.1, -0.05) is 11.6 Å². The van der Waals surface area contributed by atoms with E-state index in [0.29, 0.717) is 30.5 Å². The van der Waals surface area contributed by atoms with Gasteiger partial charge in [0.15, 0.2) is 0 Å². The Morgan fingerprint density at radius 3 is 2.44 bits per heavy atom. The Hall–Kier alpha value is -2.01. The van der Waals surface area contributed by atoms with Crippen molar-refractivity contribution in [1.82, 2.24) is 23.8 Å². The van der Waals surface area contributed by atoms with E-state index >= 15 is 0 Å². The number of hydrogen-bond acceptors (Lipinski definition) is 7. The molecule has 0 aliphatic carbocycles. The van der Waals surface area contributed by atoms with Crippen molar-refractivity contribution >= 4 is 38.8 Å². The van der Waals surface area contributed by atoms with Crippen LogP contribution < -0.4 is 4.90 Å². The molecule has 3 aromatic rings. The average molecular weight is 425 g/mol. The molecule has 0 unspecified atom stereocenters. The number of rotatable bonds is 4. The van der Waals surface area contributed by atoms with Crippen LogP contribution in [0.2, 0.25) is 4.34 Å². The third-order valence-corrected chi connectivity index (χ3v) is 8.01. The number of halogens is 1. The molecule has 0 amide bonds. The minimum absolute atomic E-state index is 0.279. The van der Waals surface area contributed by atoms with Crippen LogP contribution in [-0.4, -0.2) is 58.4 Å². The molecule has 4 heterocycles. The van der Waals surface area contributed by atoms with Crippen LogP contribution in [0, 0.1) is 6.92 Å². The largest absolute Gasteiger partial charge is 0.354 e. The van der Waals surface area contributed by atoms with E-state index in [1.54, 1.807) is 18.3 Å². The molecule has 0 atom stereocenters. The number of sulfonamides is 1. The topological polar surface area (TPSA) is 84.2 Å². The second-order valence-electron chi connectivity index (χ2n) is 6.03. The molecular formula is C16H17ClN6O2S2. The summed E-state index contributed by atoms with van der Waals surface area (Å²) in [5.41, 5.74) is 0. The zero-order chi connectivity index (χ0) is 19.0. The van der Waals surface area contributed by atoms with Gasteiger partial charge in [-0.25, -0.2) is 23.4 Å². The van der Waals surface area contributed by atoms with E-state index in [1.165, 1.54) is 10.6 Å². The molecule has 142 valence electrons. The van der Waals surface area contributed by atoms with Crippen LogP contribution in [0.4, 0.5) is 5.82 Å². The highest BCUT2D eigenvalue weighted by Gasteiger charge is 2.30. The van der Waals surface area contributed by atoms with Crippen LogP contribution in [0.25, 0.3) is 5.82 Å². The van der Waals surface area contributed by atoms with Gasteiger partial charge in [-0.2, -0.15) is 4.31 Å². The lowest BCUT2D eigenvalue weighted by Gasteiger charge is -2.34. The Morgan fingerprint density at radius 2 is 1.81 bits per heavy atom. The monoisotopic (exact) mass is 424 g/mol. The number of thiophene rings is 1. The lowest BCUT2D eigenvalue weighted by Crippen LogP contribution is -2.48. The molecular weight excluding hydrogens is 408 g/mol. The third-order valence-electron chi connectivity index (χ3n) is 4.42. The zero-order valence-electron chi connectivity index (χ0n) is 14.5. The minimum atomic E-state index is -3.50. The predicted octanol–water partition coefficient (Wildman–Crippen LogP) is 2.20. The van der Waals surface area contributed by atoms with Gasteiger partial charge < -0.3 is 4.90 Å². The van der Waals surface area contributed by atoms with Crippen LogP contribution in [0.1, 0.15) is 5.82 Å². The summed E-state index contributed by atoms with van der Waals surface area (Å²) in [7, 11) is -3.50. The van der Waals surface area contributed by atoms with Crippen molar-refractivity contribution in [2.24, 2.45) is 0 Å². The highest BCUT2D eigenvalue weighted by molar-refractivity contribution is 7.91. The number of aryl methyl sites for hydroxylation is 1. The molecule has 0 N–H and O–H groups in total. The Morgan fingerprint density at radius 1 is 1.07 bits per heavy atom. The zero-order valence-corrected chi connectivity index (χ0v) is 16.9. The summed E-state index contributed by atoms with van der Waals surface area (Å²) < 4.78 is 29.5. The lowest BCUT2D eigenvalue weighted by molar-refractivity contribution is 0.384. The molecule has 1 aliphatic rings. The lowest BCUT2D eigenvalue weighted by atomic mass is 10.3. The molecule has 11 heteroatoms. The molecule has 1 aliphatic heterocycles. The number of hydrogen-bond donors (Lipinski definition) is 0. The summed E-state index contributed by atoms with van der Waals surface area (Å²) in [6.45, 7) is 3.79. The van der Waals surface area contributed by atoms with Crippen LogP contribution in [0.3, 0.4) is 0 Å². The van der Waals surface area contributed by atoms with Crippen LogP contribution >= 0.6 is 22.9 Å². The molecule has 0 bridgehead atoms. The molecule has 0 radical (unpaired) electrons. The van der Waals surface area contributed by atoms with Crippen molar-refractivity contribution in [1.29, 1.82) is 0 Å². The Bertz CT molecular complexity index is 1060. The first-order valence-corrected chi connectivity index (χ1v) is 10.9. The first-order chi connectivity index (χ1) is 12.9. The van der Waals surface area contributed by atoms with E-state index in [0.717, 1.165) is 28.8 Å². The highest BCUT2D eigenvalue weighted by atomic mass is 35.5. The number of imidazole rings is 1. The SMILES string of the molecule is Cc1nccn1-c1cc(N2CCN(S(=O)(=O)c3ccc(Cl)s3)CC2)ncn1. The van der Waals surface area contributed by atoms with Gasteiger partial charge in [0.05, 0.1) is 4.34 Å². The number of piperazine rings is 1. The second-order valence-corrected chi connectivity index (χ2v) is 9.91. The molecule has 3 aromatic heterocycles. The maximum atomic E-state index is 12.7. The summed E-state index contributed by atoms with van der Waals surface area (Å²) in [4.78, 5) is 14.9. The first-order valence-electron chi connectivity index (χ1n) is 8.28. The quantitative estimate of drug-likeness (QED) is 0.638. The molecule has 0 saturated carbocycles. The summed E-state index contributed by atoms with van der Waals surface area (Å²) in [6.07, 6.45) is 5.08. The molecule has 1 saturated heterocycles. The van der Waals surface area contributed by atoms with Gasteiger partial charge in [-0.3, -0.25) is 4.57 Å². The molecule has 1 fully saturated rings. The maximum absolute atomic E-state index is 12.7. The van der Waals surface area contributed by atoms with Crippen LogP contribution in [0.5, 0.6) is 0 Å². The van der Waals surface area contributed by atoms with Crippen molar-refractivity contribution in [3.63, 3.8) is 0 Å². The van der Waals surface area contributed by atoms with Crippen LogP contribution in [0.15, 0.2) is 41.1 Å². The molecule has 27 heavy (non-hydrogen) atoms. The Balaban J connectivity index is 1.49. The van der Waals surface area contributed by atoms with Gasteiger partial charge in [0.25, 0.3) is 10.0 Å². The number of nitrogens with zero attached hydrogens (tertiary/aromatic N) is 6. The summed E-state index contributed by atoms with van der Waals surface area (Å²) in [5.74, 6) is 2.34. The van der Waals surface area contributed by atoms with Crippen LogP contribution in [-0.2, 0) is 10.0 Å². The van der Waals surface area contributed by atoms with Gasteiger partial charge in [0.1, 0.15) is 28.0 Å². The minimum Gasteiger partial charge on any atom is -0.354 e. The van der Waals surface area contributed by atoms with Crippen molar-refractivity contribution in [3.8, 4) is 5.82 Å². The fourth-order valence-electron chi connectivity index (χ4n) is 2.98. The van der Waals surface area contributed by atoms with Crippen molar-refractivity contribution < 1.29 is 8.42 Å². The van der Waals surface area contributed by atoms with E-state index in [-0.39, 0.29) is 4.21 Å². The number of aromatic nitrogens is 4. The maximum Gasteiger partial charge on any atom is 0.252 e. The molecule has 0 spiro atoms. The third kappa shape index (κ3) is 3.57. The Labute approximate surface area is 166 Å². The fourth-order valence-corrected chi connectivity index (χ4v) is 6.04. The second kappa shape index (κ2) is 7.19. The summed E-state index contributed by atoms with van der Waals surface area (Å²) >= 11 is 6.96. The van der Waals surface area contributed by atoms with Gasteiger partial charge >= 0.3 is 0 Å². The van der Waals surface area contributed by atoms with E-state index in [1.807, 2.05) is 23.8 Å². The van der Waals surface area contributed by atoms with Crippen molar-refractivity contribution in [2.45, 2.75) is 11.1 Å². The van der Waals surface area contributed by atoms with Gasteiger partial charge in [-0.15, -0.1) is 11.3 Å². The van der Waals surface area contributed by atoms with Gasteiger partial charge in [0, 0.05) is 44.6 Å².